The van der Waals surface area contributed by atoms with Crippen molar-refractivity contribution >= 4 is 98.0 Å². The summed E-state index contributed by atoms with van der Waals surface area (Å²) >= 11 is 0. The lowest BCUT2D eigenvalue weighted by molar-refractivity contribution is 0.668. The maximum Gasteiger partial charge on any atom is 0.238 e. The first kappa shape index (κ1) is 34.1. The number of furan rings is 2. The van der Waals surface area contributed by atoms with Crippen molar-refractivity contribution in [3.05, 3.63) is 194 Å². The van der Waals surface area contributed by atoms with Gasteiger partial charge in [0, 0.05) is 49.0 Å². The molecule has 0 radical (unpaired) electrons. The lowest BCUT2D eigenvalue weighted by atomic mass is 9.99. The van der Waals surface area contributed by atoms with Crippen LogP contribution in [0.25, 0.3) is 138 Å². The smallest absolute Gasteiger partial charge is 0.238 e. The molecule has 0 aliphatic heterocycles. The molecule has 4 aromatic heterocycles. The van der Waals surface area contributed by atoms with Gasteiger partial charge in [0.2, 0.25) is 5.95 Å². The summed E-state index contributed by atoms with van der Waals surface area (Å²) in [5.74, 6) is 1.65. The second-order valence-corrected chi connectivity index (χ2v) is 16.4. The van der Waals surface area contributed by atoms with Gasteiger partial charge in [-0.2, -0.15) is 9.97 Å². The molecule has 0 spiro atoms. The number of nitrogens with zero attached hydrogens (tertiary/aromatic N) is 4. The van der Waals surface area contributed by atoms with Crippen LogP contribution < -0.4 is 0 Å². The number of hydrogen-bond donors (Lipinski definition) is 0. The van der Waals surface area contributed by atoms with Gasteiger partial charge in [-0.25, -0.2) is 4.98 Å². The van der Waals surface area contributed by atoms with Crippen molar-refractivity contribution in [1.82, 2.24) is 19.5 Å². The summed E-state index contributed by atoms with van der Waals surface area (Å²) in [5.41, 5.74) is 9.15. The van der Waals surface area contributed by atoms with Crippen LogP contribution >= 0.6 is 0 Å². The Bertz CT molecular complexity index is 4230. The molecule has 0 saturated carbocycles. The molecule has 0 aliphatic carbocycles. The van der Waals surface area contributed by atoms with E-state index in [-0.39, 0.29) is 0 Å². The van der Waals surface area contributed by atoms with Gasteiger partial charge >= 0.3 is 0 Å². The van der Waals surface area contributed by atoms with Crippen molar-refractivity contribution in [2.24, 2.45) is 0 Å². The Hall–Kier alpha value is -8.61. The van der Waals surface area contributed by atoms with Crippen molar-refractivity contribution in [1.29, 1.82) is 0 Å². The van der Waals surface area contributed by atoms with E-state index in [1.807, 2.05) is 18.2 Å². The summed E-state index contributed by atoms with van der Waals surface area (Å²) in [4.78, 5) is 16.0. The van der Waals surface area contributed by atoms with Crippen LogP contribution in [0.1, 0.15) is 0 Å². The lowest BCUT2D eigenvalue weighted by Crippen LogP contribution is -2.07. The Kier molecular flexibility index (Phi) is 7.02. The normalized spacial score (nSPS) is 12.1. The molecule has 4 heterocycles. The Morgan fingerprint density at radius 3 is 1.78 bits per heavy atom. The van der Waals surface area contributed by atoms with E-state index in [0.717, 1.165) is 109 Å². The molecule has 14 rings (SSSR count). The molecule has 0 bridgehead atoms. The maximum absolute atomic E-state index is 6.62. The first-order valence-electron chi connectivity index (χ1n) is 21.2. The summed E-state index contributed by atoms with van der Waals surface area (Å²) in [6, 6.07) is 68.1. The van der Waals surface area contributed by atoms with E-state index in [9.17, 15) is 0 Å². The van der Waals surface area contributed by atoms with Crippen LogP contribution in [0.15, 0.2) is 203 Å². The second kappa shape index (κ2) is 12.9. The van der Waals surface area contributed by atoms with Crippen molar-refractivity contribution in [2.75, 3.05) is 0 Å². The third-order valence-electron chi connectivity index (χ3n) is 12.8. The van der Waals surface area contributed by atoms with Gasteiger partial charge < -0.3 is 8.83 Å². The Labute approximate surface area is 358 Å². The van der Waals surface area contributed by atoms with E-state index in [1.54, 1.807) is 0 Å². The largest absolute Gasteiger partial charge is 0.456 e. The molecule has 0 saturated heterocycles. The van der Waals surface area contributed by atoms with Crippen molar-refractivity contribution in [2.45, 2.75) is 0 Å². The number of para-hydroxylation sites is 2. The molecule has 0 unspecified atom stereocenters. The predicted octanol–water partition coefficient (Wildman–Crippen LogP) is 15.2. The molecule has 0 amide bonds. The van der Waals surface area contributed by atoms with E-state index in [0.29, 0.717) is 17.6 Å². The molecule has 6 nitrogen and oxygen atoms in total. The zero-order chi connectivity index (χ0) is 41.2. The number of hydrogen-bond acceptors (Lipinski definition) is 5. The van der Waals surface area contributed by atoms with Crippen LogP contribution in [0.5, 0.6) is 0 Å². The van der Waals surface area contributed by atoms with Gasteiger partial charge in [0.05, 0.1) is 11.0 Å². The molecule has 0 fully saturated rings. The van der Waals surface area contributed by atoms with Crippen molar-refractivity contribution < 1.29 is 8.83 Å². The number of benzene rings is 10. The third-order valence-corrected chi connectivity index (χ3v) is 12.8. The summed E-state index contributed by atoms with van der Waals surface area (Å²) in [6.07, 6.45) is 0. The monoisotopic (exact) mass is 804 g/mol. The molecule has 0 aliphatic rings. The van der Waals surface area contributed by atoms with E-state index < -0.39 is 0 Å². The fraction of sp³-hybridized carbons (Fsp3) is 0. The second-order valence-electron chi connectivity index (χ2n) is 16.4. The van der Waals surface area contributed by atoms with Gasteiger partial charge in [-0.15, -0.1) is 0 Å². The summed E-state index contributed by atoms with van der Waals surface area (Å²) in [7, 11) is 0. The van der Waals surface area contributed by atoms with Crippen LogP contribution in [0, 0.1) is 0 Å². The van der Waals surface area contributed by atoms with Crippen LogP contribution in [-0.4, -0.2) is 19.5 Å². The van der Waals surface area contributed by atoms with Crippen LogP contribution in [0.3, 0.4) is 0 Å². The Morgan fingerprint density at radius 2 is 0.921 bits per heavy atom. The fourth-order valence-electron chi connectivity index (χ4n) is 9.82. The molecule has 6 heteroatoms. The number of rotatable bonds is 4. The van der Waals surface area contributed by atoms with E-state index >= 15 is 0 Å². The average Bonchev–Trinajstić information content (AvgIpc) is 4.02. The molecular weight excluding hydrogens is 773 g/mol. The molecule has 10 aromatic carbocycles. The highest BCUT2D eigenvalue weighted by Crippen LogP contribution is 2.42. The minimum absolute atomic E-state index is 0.520. The molecule has 0 atom stereocenters. The van der Waals surface area contributed by atoms with Gasteiger partial charge in [-0.05, 0) is 92.5 Å². The van der Waals surface area contributed by atoms with E-state index in [1.165, 1.54) is 10.8 Å². The summed E-state index contributed by atoms with van der Waals surface area (Å²) < 4.78 is 15.2. The summed E-state index contributed by atoms with van der Waals surface area (Å²) in [5, 5.41) is 13.5. The number of fused-ring (bicyclic) bond motifs is 13. The van der Waals surface area contributed by atoms with Crippen molar-refractivity contribution in [3.8, 4) is 39.9 Å². The van der Waals surface area contributed by atoms with Gasteiger partial charge in [0.1, 0.15) is 22.3 Å². The van der Waals surface area contributed by atoms with E-state index in [2.05, 4.69) is 180 Å². The first-order valence-corrected chi connectivity index (χ1v) is 21.2. The minimum Gasteiger partial charge on any atom is -0.456 e. The van der Waals surface area contributed by atoms with Gasteiger partial charge in [0.25, 0.3) is 0 Å². The Morgan fingerprint density at radius 1 is 0.333 bits per heavy atom. The van der Waals surface area contributed by atoms with Gasteiger partial charge in [0.15, 0.2) is 11.6 Å². The highest BCUT2D eigenvalue weighted by atomic mass is 16.3. The third kappa shape index (κ3) is 5.15. The molecular formula is C57H32N4O2. The first-order chi connectivity index (χ1) is 31.2. The number of aromatic nitrogens is 4. The quantitative estimate of drug-likeness (QED) is 0.177. The lowest BCUT2D eigenvalue weighted by Gasteiger charge is -2.13. The van der Waals surface area contributed by atoms with Crippen LogP contribution in [-0.2, 0) is 0 Å². The summed E-state index contributed by atoms with van der Waals surface area (Å²) in [6.45, 7) is 0. The standard InChI is InChI=1S/C57H32N4O2/c1-2-12-35-28-39(21-20-33(35)10-1)55-58-56(40-23-25-44-43-16-7-8-19-49(43)62-51(44)32-40)60-57(59-55)61-48-30-37-14-4-3-13-36(37)29-47(48)45-18-9-17-42(54(45)61)38-22-26-46-52(31-38)63-50-27-24-34-11-5-6-15-41(34)53(46)50/h1-32H. The molecule has 292 valence electrons. The molecule has 14 aromatic rings. The highest BCUT2D eigenvalue weighted by molar-refractivity contribution is 6.20. The van der Waals surface area contributed by atoms with Crippen LogP contribution in [0.2, 0.25) is 0 Å². The van der Waals surface area contributed by atoms with Gasteiger partial charge in [-0.1, -0.05) is 140 Å². The van der Waals surface area contributed by atoms with E-state index in [4.69, 9.17) is 23.8 Å². The SMILES string of the molecule is c1ccc2cc(-c3nc(-c4ccc5c(c4)oc4ccccc45)nc(-n4c5cc6ccccc6cc5c5cccc(-c6ccc7c(c6)oc6ccc8ccccc8c67)c54)n3)ccc2c1. The Balaban J connectivity index is 1.06. The van der Waals surface area contributed by atoms with Crippen LogP contribution in [0.4, 0.5) is 0 Å². The maximum atomic E-state index is 6.62. The predicted molar refractivity (Wildman–Crippen MR) is 258 cm³/mol. The molecule has 63 heavy (non-hydrogen) atoms. The topological polar surface area (TPSA) is 69.9 Å². The zero-order valence-corrected chi connectivity index (χ0v) is 33.6. The van der Waals surface area contributed by atoms with Gasteiger partial charge in [-0.3, -0.25) is 4.57 Å². The highest BCUT2D eigenvalue weighted by Gasteiger charge is 2.23. The minimum atomic E-state index is 0.520. The molecule has 0 N–H and O–H groups in total. The zero-order valence-electron chi connectivity index (χ0n) is 33.6. The average molecular weight is 805 g/mol. The van der Waals surface area contributed by atoms with Crippen molar-refractivity contribution in [3.63, 3.8) is 0 Å². The fourth-order valence-corrected chi connectivity index (χ4v) is 9.82.